The normalized spacial score (nSPS) is 11.1. The van der Waals surface area contributed by atoms with Crippen molar-refractivity contribution < 1.29 is 9.15 Å². The molecule has 0 saturated heterocycles. The van der Waals surface area contributed by atoms with Crippen molar-refractivity contribution in [3.05, 3.63) is 54.6 Å². The fraction of sp³-hybridized carbons (Fsp3) is 0.167. The number of aromatic nitrogens is 4. The van der Waals surface area contributed by atoms with Crippen LogP contribution in [0.25, 0.3) is 22.6 Å². The fourth-order valence-corrected chi connectivity index (χ4v) is 3.30. The van der Waals surface area contributed by atoms with Gasteiger partial charge < -0.3 is 13.7 Å². The summed E-state index contributed by atoms with van der Waals surface area (Å²) in [7, 11) is 3.59. The molecular weight excluding hydrogens is 336 g/mol. The van der Waals surface area contributed by atoms with Crippen LogP contribution in [0, 0.1) is 0 Å². The van der Waals surface area contributed by atoms with Crippen LogP contribution in [0.1, 0.15) is 5.56 Å². The standard InChI is InChI=1S/C18H16N4O2S/c1-22-11-19-16-15(14-4-3-9-24-14)20-18(21-17(16)22)25-10-12-5-7-13(23-2)8-6-12/h3-9,11H,10H2,1-2H3. The molecule has 3 heterocycles. The van der Waals surface area contributed by atoms with E-state index in [1.165, 1.54) is 5.56 Å². The van der Waals surface area contributed by atoms with Crippen LogP contribution in [0.5, 0.6) is 5.75 Å². The minimum absolute atomic E-state index is 0.692. The van der Waals surface area contributed by atoms with E-state index in [9.17, 15) is 0 Å². The van der Waals surface area contributed by atoms with Crippen LogP contribution in [0.2, 0.25) is 0 Å². The number of fused-ring (bicyclic) bond motifs is 1. The van der Waals surface area contributed by atoms with Gasteiger partial charge in [0.2, 0.25) is 0 Å². The molecule has 0 aliphatic heterocycles. The van der Waals surface area contributed by atoms with Crippen LogP contribution in [0.3, 0.4) is 0 Å². The molecule has 0 unspecified atom stereocenters. The van der Waals surface area contributed by atoms with Crippen molar-refractivity contribution in [2.75, 3.05) is 7.11 Å². The third-order valence-electron chi connectivity index (χ3n) is 3.82. The Hall–Kier alpha value is -2.80. The number of hydrogen-bond donors (Lipinski definition) is 0. The predicted octanol–water partition coefficient (Wildman–Crippen LogP) is 3.92. The zero-order valence-corrected chi connectivity index (χ0v) is 14.7. The van der Waals surface area contributed by atoms with Crippen molar-refractivity contribution in [2.24, 2.45) is 7.05 Å². The molecule has 0 radical (unpaired) electrons. The zero-order chi connectivity index (χ0) is 17.2. The summed E-state index contributed by atoms with van der Waals surface area (Å²) < 4.78 is 12.6. The number of thioether (sulfide) groups is 1. The monoisotopic (exact) mass is 352 g/mol. The highest BCUT2D eigenvalue weighted by Crippen LogP contribution is 2.29. The Bertz CT molecular complexity index is 994. The predicted molar refractivity (Wildman–Crippen MR) is 96.6 cm³/mol. The molecule has 0 spiro atoms. The molecule has 0 fully saturated rings. The van der Waals surface area contributed by atoms with Gasteiger partial charge in [0.25, 0.3) is 0 Å². The second-order valence-corrected chi connectivity index (χ2v) is 6.44. The Morgan fingerprint density at radius 2 is 2.00 bits per heavy atom. The summed E-state index contributed by atoms with van der Waals surface area (Å²) in [5.41, 5.74) is 3.43. The number of methoxy groups -OCH3 is 1. The lowest BCUT2D eigenvalue weighted by Gasteiger charge is -2.05. The third kappa shape index (κ3) is 3.10. The molecule has 25 heavy (non-hydrogen) atoms. The van der Waals surface area contributed by atoms with Gasteiger partial charge in [-0.15, -0.1) is 0 Å². The Balaban J connectivity index is 1.66. The van der Waals surface area contributed by atoms with E-state index >= 15 is 0 Å². The maximum absolute atomic E-state index is 5.52. The minimum atomic E-state index is 0.692. The second-order valence-electron chi connectivity index (χ2n) is 5.50. The largest absolute Gasteiger partial charge is 0.497 e. The van der Waals surface area contributed by atoms with Gasteiger partial charge in [0, 0.05) is 12.8 Å². The maximum atomic E-state index is 5.52. The molecule has 4 aromatic rings. The van der Waals surface area contributed by atoms with Crippen LogP contribution in [0.4, 0.5) is 0 Å². The molecule has 0 saturated carbocycles. The lowest BCUT2D eigenvalue weighted by atomic mass is 10.2. The van der Waals surface area contributed by atoms with Gasteiger partial charge in [0.05, 0.1) is 19.7 Å². The minimum Gasteiger partial charge on any atom is -0.497 e. The van der Waals surface area contributed by atoms with E-state index in [-0.39, 0.29) is 0 Å². The molecule has 0 N–H and O–H groups in total. The van der Waals surface area contributed by atoms with Crippen LogP contribution in [-0.2, 0) is 12.8 Å². The van der Waals surface area contributed by atoms with Gasteiger partial charge in [-0.05, 0) is 29.8 Å². The molecule has 0 atom stereocenters. The van der Waals surface area contributed by atoms with Crippen molar-refractivity contribution in [3.63, 3.8) is 0 Å². The van der Waals surface area contributed by atoms with Gasteiger partial charge in [0.15, 0.2) is 16.6 Å². The van der Waals surface area contributed by atoms with Crippen molar-refractivity contribution in [1.82, 2.24) is 19.5 Å². The van der Waals surface area contributed by atoms with Gasteiger partial charge >= 0.3 is 0 Å². The van der Waals surface area contributed by atoms with Crippen LogP contribution < -0.4 is 4.74 Å². The number of imidazole rings is 1. The maximum Gasteiger partial charge on any atom is 0.190 e. The third-order valence-corrected chi connectivity index (χ3v) is 4.74. The van der Waals surface area contributed by atoms with Crippen LogP contribution in [-0.4, -0.2) is 26.6 Å². The zero-order valence-electron chi connectivity index (χ0n) is 13.8. The Morgan fingerprint density at radius 3 is 2.72 bits per heavy atom. The number of rotatable bonds is 5. The highest BCUT2D eigenvalue weighted by molar-refractivity contribution is 7.98. The summed E-state index contributed by atoms with van der Waals surface area (Å²) in [6.45, 7) is 0. The van der Waals surface area contributed by atoms with Crippen LogP contribution >= 0.6 is 11.8 Å². The lowest BCUT2D eigenvalue weighted by Crippen LogP contribution is -1.96. The molecule has 7 heteroatoms. The number of aryl methyl sites for hydroxylation is 1. The molecule has 0 amide bonds. The second kappa shape index (κ2) is 6.60. The first-order chi connectivity index (χ1) is 12.2. The van der Waals surface area contributed by atoms with E-state index in [0.29, 0.717) is 16.6 Å². The molecule has 6 nitrogen and oxygen atoms in total. The number of furan rings is 1. The molecule has 4 rings (SSSR count). The lowest BCUT2D eigenvalue weighted by molar-refractivity contribution is 0.414. The Morgan fingerprint density at radius 1 is 1.16 bits per heavy atom. The van der Waals surface area contributed by atoms with Gasteiger partial charge in [-0.25, -0.2) is 15.0 Å². The first kappa shape index (κ1) is 15.7. The smallest absolute Gasteiger partial charge is 0.190 e. The highest BCUT2D eigenvalue weighted by atomic mass is 32.2. The molecule has 1 aromatic carbocycles. The molecule has 3 aromatic heterocycles. The van der Waals surface area contributed by atoms with E-state index in [0.717, 1.165) is 22.7 Å². The average Bonchev–Trinajstić information content (AvgIpc) is 3.30. The Kier molecular flexibility index (Phi) is 4.15. The molecule has 0 aliphatic carbocycles. The number of ether oxygens (including phenoxy) is 1. The van der Waals surface area contributed by atoms with Gasteiger partial charge in [-0.1, -0.05) is 23.9 Å². The van der Waals surface area contributed by atoms with Crippen molar-refractivity contribution in [1.29, 1.82) is 0 Å². The summed E-state index contributed by atoms with van der Waals surface area (Å²) in [5.74, 6) is 2.31. The summed E-state index contributed by atoms with van der Waals surface area (Å²) in [6, 6.07) is 11.7. The number of nitrogens with zero attached hydrogens (tertiary/aromatic N) is 4. The van der Waals surface area contributed by atoms with Crippen molar-refractivity contribution in [3.8, 4) is 17.2 Å². The van der Waals surface area contributed by atoms with Crippen LogP contribution in [0.15, 0.2) is 58.6 Å². The van der Waals surface area contributed by atoms with E-state index in [2.05, 4.69) is 15.0 Å². The summed E-state index contributed by atoms with van der Waals surface area (Å²) in [4.78, 5) is 13.7. The average molecular weight is 352 g/mol. The number of hydrogen-bond acceptors (Lipinski definition) is 6. The van der Waals surface area contributed by atoms with Crippen molar-refractivity contribution in [2.45, 2.75) is 10.9 Å². The SMILES string of the molecule is COc1ccc(CSc2nc(-c3ccco3)c3ncn(C)c3n2)cc1. The van der Waals surface area contributed by atoms with E-state index < -0.39 is 0 Å². The van der Waals surface area contributed by atoms with Gasteiger partial charge in [0.1, 0.15) is 17.0 Å². The molecule has 0 aliphatic rings. The summed E-state index contributed by atoms with van der Waals surface area (Å²) >= 11 is 1.58. The fourth-order valence-electron chi connectivity index (χ4n) is 2.51. The summed E-state index contributed by atoms with van der Waals surface area (Å²) in [5, 5.41) is 0.693. The Labute approximate surface area is 148 Å². The highest BCUT2D eigenvalue weighted by Gasteiger charge is 2.16. The topological polar surface area (TPSA) is 66.0 Å². The first-order valence-corrected chi connectivity index (χ1v) is 8.72. The summed E-state index contributed by atoms with van der Waals surface area (Å²) in [6.07, 6.45) is 3.38. The quantitative estimate of drug-likeness (QED) is 0.401. The van der Waals surface area contributed by atoms with E-state index in [1.807, 2.05) is 48.0 Å². The molecular formula is C18H16N4O2S. The van der Waals surface area contributed by atoms with Crippen molar-refractivity contribution >= 4 is 22.9 Å². The van der Waals surface area contributed by atoms with E-state index in [1.54, 1.807) is 31.5 Å². The first-order valence-electron chi connectivity index (χ1n) is 7.73. The van der Waals surface area contributed by atoms with Gasteiger partial charge in [-0.2, -0.15) is 0 Å². The van der Waals surface area contributed by atoms with Gasteiger partial charge in [-0.3, -0.25) is 0 Å². The van der Waals surface area contributed by atoms with E-state index in [4.69, 9.17) is 9.15 Å². The molecule has 126 valence electrons. The number of benzene rings is 1. The molecule has 0 bridgehead atoms.